The SMILES string of the molecule is NC(=O)C[C@@H](C(=O)O)n1cc([N+](=O)[O-])c(=O)c([N+](=O)[O-])c1. The van der Waals surface area contributed by atoms with E-state index in [1.165, 1.54) is 0 Å². The molecule has 0 radical (unpaired) electrons. The Labute approximate surface area is 114 Å². The molecule has 3 N–H and O–H groups in total. The number of rotatable bonds is 6. The molecule has 0 spiro atoms. The summed E-state index contributed by atoms with van der Waals surface area (Å²) in [5.41, 5.74) is 1.02. The van der Waals surface area contributed by atoms with Crippen LogP contribution >= 0.6 is 0 Å². The minimum absolute atomic E-state index is 0.511. The largest absolute Gasteiger partial charge is 0.480 e. The molecule has 0 saturated carbocycles. The van der Waals surface area contributed by atoms with E-state index in [0.29, 0.717) is 17.0 Å². The van der Waals surface area contributed by atoms with Crippen molar-refractivity contribution < 1.29 is 24.5 Å². The summed E-state index contributed by atoms with van der Waals surface area (Å²) >= 11 is 0. The standard InChI is InChI=1S/C9H8N4O8/c10-7(14)1-4(9(16)17)11-2-5(12(18)19)8(15)6(3-11)13(20)21/h2-4H,1H2,(H2,10,14)(H,16,17)/t4-/m0/s1. The van der Waals surface area contributed by atoms with Gasteiger partial charge in [0.25, 0.3) is 0 Å². The van der Waals surface area contributed by atoms with Crippen molar-refractivity contribution in [3.63, 3.8) is 0 Å². The predicted molar refractivity (Wildman–Crippen MR) is 64.5 cm³/mol. The van der Waals surface area contributed by atoms with Crippen LogP contribution in [0.4, 0.5) is 11.4 Å². The Balaban J connectivity index is 3.58. The first-order chi connectivity index (χ1) is 9.65. The molecule has 0 unspecified atom stereocenters. The summed E-state index contributed by atoms with van der Waals surface area (Å²) in [6.45, 7) is 0. The fourth-order valence-electron chi connectivity index (χ4n) is 1.52. The molecular formula is C9H8N4O8. The molecule has 1 heterocycles. The first-order valence-electron chi connectivity index (χ1n) is 5.20. The quantitative estimate of drug-likeness (QED) is 0.502. The molecule has 1 amide bonds. The fourth-order valence-corrected chi connectivity index (χ4v) is 1.52. The van der Waals surface area contributed by atoms with Gasteiger partial charge in [0.05, 0.1) is 28.7 Å². The van der Waals surface area contributed by atoms with Gasteiger partial charge in [0.2, 0.25) is 5.91 Å². The predicted octanol–water partition coefficient (Wildman–Crippen LogP) is -0.834. The highest BCUT2D eigenvalue weighted by Gasteiger charge is 2.29. The van der Waals surface area contributed by atoms with Gasteiger partial charge in [-0.15, -0.1) is 0 Å². The minimum atomic E-state index is -1.71. The molecule has 12 nitrogen and oxygen atoms in total. The summed E-state index contributed by atoms with van der Waals surface area (Å²) in [5.74, 6) is -2.63. The average molecular weight is 300 g/mol. The summed E-state index contributed by atoms with van der Waals surface area (Å²) in [7, 11) is 0. The molecule has 0 aromatic carbocycles. The van der Waals surface area contributed by atoms with E-state index in [-0.39, 0.29) is 0 Å². The number of nitrogens with two attached hydrogens (primary N) is 1. The van der Waals surface area contributed by atoms with Crippen molar-refractivity contribution in [2.75, 3.05) is 0 Å². The maximum absolute atomic E-state index is 11.5. The van der Waals surface area contributed by atoms with Crippen LogP contribution in [0.25, 0.3) is 0 Å². The van der Waals surface area contributed by atoms with Crippen molar-refractivity contribution in [2.24, 2.45) is 5.73 Å². The molecular weight excluding hydrogens is 292 g/mol. The first-order valence-corrected chi connectivity index (χ1v) is 5.20. The Kier molecular flexibility index (Phi) is 4.32. The van der Waals surface area contributed by atoms with Crippen molar-refractivity contribution in [1.82, 2.24) is 4.57 Å². The Bertz CT molecular complexity index is 655. The monoisotopic (exact) mass is 300 g/mol. The summed E-state index contributed by atoms with van der Waals surface area (Å²) in [4.78, 5) is 52.3. The smallest absolute Gasteiger partial charge is 0.339 e. The van der Waals surface area contributed by atoms with Crippen molar-refractivity contribution in [3.8, 4) is 0 Å². The lowest BCUT2D eigenvalue weighted by atomic mass is 10.2. The zero-order valence-electron chi connectivity index (χ0n) is 10.2. The number of carboxylic acids is 1. The fraction of sp³-hybridized carbons (Fsp3) is 0.222. The second-order valence-corrected chi connectivity index (χ2v) is 3.84. The Hall–Kier alpha value is -3.31. The highest BCUT2D eigenvalue weighted by Crippen LogP contribution is 2.18. The maximum Gasteiger partial charge on any atom is 0.339 e. The number of nitrogens with zero attached hydrogens (tertiary/aromatic N) is 3. The first kappa shape index (κ1) is 15.7. The van der Waals surface area contributed by atoms with Crippen LogP contribution in [0.5, 0.6) is 0 Å². The van der Waals surface area contributed by atoms with E-state index in [2.05, 4.69) is 0 Å². The van der Waals surface area contributed by atoms with Crippen LogP contribution in [-0.2, 0) is 9.59 Å². The Morgan fingerprint density at radius 3 is 1.95 bits per heavy atom. The maximum atomic E-state index is 11.5. The van der Waals surface area contributed by atoms with E-state index >= 15 is 0 Å². The van der Waals surface area contributed by atoms with E-state index in [4.69, 9.17) is 10.8 Å². The molecule has 0 bridgehead atoms. The van der Waals surface area contributed by atoms with Gasteiger partial charge in [-0.3, -0.25) is 29.8 Å². The van der Waals surface area contributed by atoms with Gasteiger partial charge in [0.1, 0.15) is 6.04 Å². The molecule has 1 aromatic heterocycles. The van der Waals surface area contributed by atoms with Gasteiger partial charge in [-0.25, -0.2) is 4.79 Å². The topological polar surface area (TPSA) is 189 Å². The molecule has 1 rings (SSSR count). The number of primary amides is 1. The van der Waals surface area contributed by atoms with E-state index in [9.17, 15) is 34.6 Å². The van der Waals surface area contributed by atoms with Crippen molar-refractivity contribution >= 4 is 23.3 Å². The summed E-state index contributed by atoms with van der Waals surface area (Å²) in [6.07, 6.45) is 0.265. The molecule has 0 aliphatic carbocycles. The van der Waals surface area contributed by atoms with E-state index in [1.807, 2.05) is 0 Å². The van der Waals surface area contributed by atoms with Crippen LogP contribution < -0.4 is 11.2 Å². The number of hydrogen-bond acceptors (Lipinski definition) is 7. The summed E-state index contributed by atoms with van der Waals surface area (Å²) < 4.78 is 0.532. The number of hydrogen-bond donors (Lipinski definition) is 2. The molecule has 1 atom stereocenters. The van der Waals surface area contributed by atoms with Crippen molar-refractivity contribution in [1.29, 1.82) is 0 Å². The van der Waals surface area contributed by atoms with Gasteiger partial charge in [0.15, 0.2) is 0 Å². The highest BCUT2D eigenvalue weighted by atomic mass is 16.6. The lowest BCUT2D eigenvalue weighted by Gasteiger charge is -2.14. The van der Waals surface area contributed by atoms with Gasteiger partial charge in [0, 0.05) is 0 Å². The number of nitro groups is 2. The third-order valence-corrected chi connectivity index (χ3v) is 2.44. The number of carboxylic acid groups (broad SMARTS) is 1. The summed E-state index contributed by atoms with van der Waals surface area (Å²) in [6, 6.07) is -1.71. The molecule has 112 valence electrons. The van der Waals surface area contributed by atoms with Gasteiger partial charge in [-0.2, -0.15) is 0 Å². The second-order valence-electron chi connectivity index (χ2n) is 3.84. The van der Waals surface area contributed by atoms with E-state index in [1.54, 1.807) is 0 Å². The zero-order chi connectivity index (χ0) is 16.3. The van der Waals surface area contributed by atoms with Crippen LogP contribution in [0, 0.1) is 20.2 Å². The Morgan fingerprint density at radius 1 is 1.24 bits per heavy atom. The molecule has 0 saturated heterocycles. The number of carbonyl (C=O) groups excluding carboxylic acids is 1. The Morgan fingerprint density at radius 2 is 1.67 bits per heavy atom. The van der Waals surface area contributed by atoms with Gasteiger partial charge in [-0.1, -0.05) is 0 Å². The second kappa shape index (κ2) is 5.77. The van der Waals surface area contributed by atoms with Gasteiger partial charge >= 0.3 is 22.8 Å². The molecule has 0 aliphatic rings. The average Bonchev–Trinajstić information content (AvgIpc) is 2.35. The van der Waals surface area contributed by atoms with Gasteiger partial charge in [-0.05, 0) is 0 Å². The number of amides is 1. The molecule has 0 aliphatic heterocycles. The van der Waals surface area contributed by atoms with Crippen LogP contribution in [-0.4, -0.2) is 31.4 Å². The summed E-state index contributed by atoms with van der Waals surface area (Å²) in [5, 5.41) is 30.3. The molecule has 0 fully saturated rings. The van der Waals surface area contributed by atoms with Crippen LogP contribution in [0.3, 0.4) is 0 Å². The zero-order valence-corrected chi connectivity index (χ0v) is 10.2. The van der Waals surface area contributed by atoms with Crippen molar-refractivity contribution in [2.45, 2.75) is 12.5 Å². The third-order valence-electron chi connectivity index (χ3n) is 2.44. The number of aliphatic carboxylic acids is 1. The van der Waals surface area contributed by atoms with E-state index < -0.39 is 51.0 Å². The van der Waals surface area contributed by atoms with Crippen LogP contribution in [0.1, 0.15) is 12.5 Å². The van der Waals surface area contributed by atoms with E-state index in [0.717, 1.165) is 0 Å². The number of pyridine rings is 1. The number of carbonyl (C=O) groups is 2. The highest BCUT2D eigenvalue weighted by molar-refractivity contribution is 5.82. The molecule has 1 aromatic rings. The van der Waals surface area contributed by atoms with Crippen LogP contribution in [0.2, 0.25) is 0 Å². The molecule has 21 heavy (non-hydrogen) atoms. The number of aromatic nitrogens is 1. The lowest BCUT2D eigenvalue weighted by molar-refractivity contribution is -0.397. The normalized spacial score (nSPS) is 11.6. The minimum Gasteiger partial charge on any atom is -0.480 e. The van der Waals surface area contributed by atoms with Gasteiger partial charge < -0.3 is 15.4 Å². The third kappa shape index (κ3) is 3.37. The molecule has 12 heteroatoms. The van der Waals surface area contributed by atoms with Crippen molar-refractivity contribution in [3.05, 3.63) is 42.8 Å². The lowest BCUT2D eigenvalue weighted by Crippen LogP contribution is -2.27. The van der Waals surface area contributed by atoms with Crippen LogP contribution in [0.15, 0.2) is 17.2 Å².